The third-order valence-electron chi connectivity index (χ3n) is 4.65. The fourth-order valence-electron chi connectivity index (χ4n) is 3.05. The maximum atomic E-state index is 12.8. The fourth-order valence-corrected chi connectivity index (χ4v) is 4.62. The van der Waals surface area contributed by atoms with Crippen LogP contribution in [-0.2, 0) is 18.4 Å². The van der Waals surface area contributed by atoms with Gasteiger partial charge in [-0.05, 0) is 45.3 Å². The molecule has 0 atom stereocenters. The summed E-state index contributed by atoms with van der Waals surface area (Å²) in [7, 11) is 3.49. The highest BCUT2D eigenvalue weighted by molar-refractivity contribution is 7.99. The van der Waals surface area contributed by atoms with Crippen LogP contribution in [0.5, 0.6) is 0 Å². The van der Waals surface area contributed by atoms with Crippen LogP contribution in [-0.4, -0.2) is 33.2 Å². The Morgan fingerprint density at radius 3 is 2.68 bits per heavy atom. The monoisotopic (exact) mass is 409 g/mol. The molecular formula is C21H19N3O2S2. The van der Waals surface area contributed by atoms with Gasteiger partial charge in [0.1, 0.15) is 0 Å². The molecule has 28 heavy (non-hydrogen) atoms. The highest BCUT2D eigenvalue weighted by atomic mass is 32.2. The van der Waals surface area contributed by atoms with E-state index in [0.29, 0.717) is 22.6 Å². The Morgan fingerprint density at radius 1 is 1.21 bits per heavy atom. The van der Waals surface area contributed by atoms with Gasteiger partial charge in [0.15, 0.2) is 5.16 Å². The van der Waals surface area contributed by atoms with Crippen molar-refractivity contribution in [1.82, 2.24) is 14.5 Å². The van der Waals surface area contributed by atoms with Crippen molar-refractivity contribution in [2.75, 3.05) is 12.8 Å². The van der Waals surface area contributed by atoms with Crippen LogP contribution in [0.3, 0.4) is 0 Å². The zero-order chi connectivity index (χ0) is 19.7. The van der Waals surface area contributed by atoms with Crippen molar-refractivity contribution in [2.45, 2.75) is 11.7 Å². The summed E-state index contributed by atoms with van der Waals surface area (Å²) in [6.45, 7) is 0.582. The first-order valence-electron chi connectivity index (χ1n) is 8.80. The molecule has 2 aromatic heterocycles. The minimum atomic E-state index is -0.0997. The van der Waals surface area contributed by atoms with Crippen molar-refractivity contribution >= 4 is 50.7 Å². The van der Waals surface area contributed by atoms with Gasteiger partial charge >= 0.3 is 0 Å². The Kier molecular flexibility index (Phi) is 5.19. The van der Waals surface area contributed by atoms with Crippen LogP contribution >= 0.6 is 23.1 Å². The van der Waals surface area contributed by atoms with E-state index in [-0.39, 0.29) is 17.2 Å². The highest BCUT2D eigenvalue weighted by Crippen LogP contribution is 2.22. The van der Waals surface area contributed by atoms with E-state index >= 15 is 0 Å². The molecule has 0 N–H and O–H groups in total. The second-order valence-corrected chi connectivity index (χ2v) is 8.37. The van der Waals surface area contributed by atoms with E-state index in [0.717, 1.165) is 16.3 Å². The maximum absolute atomic E-state index is 12.8. The van der Waals surface area contributed by atoms with Gasteiger partial charge in [0.05, 0.1) is 16.7 Å². The Labute approximate surface area is 170 Å². The van der Waals surface area contributed by atoms with Gasteiger partial charge in [-0.3, -0.25) is 14.2 Å². The molecule has 2 heterocycles. The van der Waals surface area contributed by atoms with E-state index in [9.17, 15) is 9.59 Å². The van der Waals surface area contributed by atoms with Gasteiger partial charge in [-0.25, -0.2) is 4.98 Å². The normalized spacial score (nSPS) is 11.2. The molecule has 0 saturated carbocycles. The van der Waals surface area contributed by atoms with Crippen LogP contribution in [0.15, 0.2) is 63.2 Å². The maximum Gasteiger partial charge on any atom is 0.261 e. The minimum absolute atomic E-state index is 0.00376. The fraction of sp³-hybridized carbons (Fsp3) is 0.190. The number of carbonyl (C=O) groups is 1. The number of carbonyl (C=O) groups excluding carboxylic acids is 1. The molecule has 4 aromatic rings. The topological polar surface area (TPSA) is 55.2 Å². The highest BCUT2D eigenvalue weighted by Gasteiger charge is 2.14. The van der Waals surface area contributed by atoms with E-state index in [1.807, 2.05) is 53.2 Å². The molecule has 0 aliphatic heterocycles. The van der Waals surface area contributed by atoms with Gasteiger partial charge in [0.2, 0.25) is 5.91 Å². The molecule has 5 nitrogen and oxygen atoms in total. The van der Waals surface area contributed by atoms with Crippen molar-refractivity contribution in [3.8, 4) is 0 Å². The van der Waals surface area contributed by atoms with Crippen molar-refractivity contribution in [1.29, 1.82) is 0 Å². The van der Waals surface area contributed by atoms with Crippen LogP contribution in [0, 0.1) is 0 Å². The summed E-state index contributed by atoms with van der Waals surface area (Å²) in [6.07, 6.45) is 0. The molecule has 142 valence electrons. The first kappa shape index (κ1) is 18.7. The van der Waals surface area contributed by atoms with Crippen molar-refractivity contribution in [3.63, 3.8) is 0 Å². The lowest BCUT2D eigenvalue weighted by Gasteiger charge is -2.16. The number of hydrogen-bond donors (Lipinski definition) is 0. The van der Waals surface area contributed by atoms with E-state index in [4.69, 9.17) is 0 Å². The number of amides is 1. The molecule has 0 radical (unpaired) electrons. The molecular weight excluding hydrogens is 390 g/mol. The van der Waals surface area contributed by atoms with Crippen LogP contribution in [0.25, 0.3) is 21.7 Å². The van der Waals surface area contributed by atoms with Crippen molar-refractivity contribution < 1.29 is 4.79 Å². The summed E-state index contributed by atoms with van der Waals surface area (Å²) < 4.78 is 1.52. The first-order valence-corrected chi connectivity index (χ1v) is 10.7. The number of fused-ring (bicyclic) bond motifs is 2. The summed E-state index contributed by atoms with van der Waals surface area (Å²) in [5.74, 6) is 0.240. The summed E-state index contributed by atoms with van der Waals surface area (Å²) in [6, 6.07) is 13.7. The molecule has 0 saturated heterocycles. The average Bonchev–Trinajstić information content (AvgIpc) is 3.21. The summed E-state index contributed by atoms with van der Waals surface area (Å²) >= 11 is 2.91. The lowest BCUT2D eigenvalue weighted by Crippen LogP contribution is -2.28. The SMILES string of the molecule is CN(Cc1ccsc1)C(=O)CSc1nc2cc3ccccc3cc2c(=O)n1C. The largest absolute Gasteiger partial charge is 0.341 e. The Bertz CT molecular complexity index is 1220. The number of benzene rings is 2. The minimum Gasteiger partial charge on any atom is -0.341 e. The Balaban J connectivity index is 1.58. The lowest BCUT2D eigenvalue weighted by molar-refractivity contribution is -0.127. The van der Waals surface area contributed by atoms with Gasteiger partial charge in [0, 0.05) is 20.6 Å². The van der Waals surface area contributed by atoms with E-state index in [1.165, 1.54) is 16.3 Å². The zero-order valence-corrected chi connectivity index (χ0v) is 17.2. The smallest absolute Gasteiger partial charge is 0.261 e. The average molecular weight is 410 g/mol. The predicted molar refractivity (Wildman–Crippen MR) is 116 cm³/mol. The molecule has 0 bridgehead atoms. The van der Waals surface area contributed by atoms with Gasteiger partial charge < -0.3 is 4.90 Å². The zero-order valence-electron chi connectivity index (χ0n) is 15.6. The molecule has 7 heteroatoms. The molecule has 1 amide bonds. The van der Waals surface area contributed by atoms with Crippen molar-refractivity contribution in [3.05, 3.63) is 69.1 Å². The molecule has 0 aliphatic rings. The quantitative estimate of drug-likeness (QED) is 0.285. The molecule has 0 unspecified atom stereocenters. The third-order valence-corrected chi connectivity index (χ3v) is 6.40. The first-order chi connectivity index (χ1) is 13.5. The summed E-state index contributed by atoms with van der Waals surface area (Å²) in [5.41, 5.74) is 1.68. The number of hydrogen-bond acceptors (Lipinski definition) is 5. The number of thiophene rings is 1. The number of aromatic nitrogens is 2. The number of rotatable bonds is 5. The predicted octanol–water partition coefficient (Wildman–Crippen LogP) is 3.90. The molecule has 0 fully saturated rings. The van der Waals surface area contributed by atoms with Crippen LogP contribution in [0.4, 0.5) is 0 Å². The van der Waals surface area contributed by atoms with Gasteiger partial charge in [-0.2, -0.15) is 11.3 Å². The van der Waals surface area contributed by atoms with E-state index < -0.39 is 0 Å². The van der Waals surface area contributed by atoms with Gasteiger partial charge in [0.25, 0.3) is 5.56 Å². The summed E-state index contributed by atoms with van der Waals surface area (Å²) in [5, 5.41) is 7.23. The molecule has 0 spiro atoms. The second-order valence-electron chi connectivity index (χ2n) is 6.65. The molecule has 4 rings (SSSR count). The van der Waals surface area contributed by atoms with Crippen LogP contribution in [0.2, 0.25) is 0 Å². The number of thioether (sulfide) groups is 1. The standard InChI is InChI=1S/C21H19N3O2S2/c1-23(11-14-7-8-27-12-14)19(25)13-28-21-22-18-10-16-6-4-3-5-15(16)9-17(18)20(26)24(21)2/h3-10,12H,11,13H2,1-2H3. The van der Waals surface area contributed by atoms with Gasteiger partial charge in [-0.1, -0.05) is 36.0 Å². The molecule has 0 aliphatic carbocycles. The lowest BCUT2D eigenvalue weighted by atomic mass is 10.1. The van der Waals surface area contributed by atoms with E-state index in [1.54, 1.807) is 30.3 Å². The van der Waals surface area contributed by atoms with E-state index in [2.05, 4.69) is 4.98 Å². The Morgan fingerprint density at radius 2 is 1.96 bits per heavy atom. The second kappa shape index (κ2) is 7.77. The van der Waals surface area contributed by atoms with Crippen LogP contribution in [0.1, 0.15) is 5.56 Å². The Hall–Kier alpha value is -2.64. The third kappa shape index (κ3) is 3.68. The van der Waals surface area contributed by atoms with Crippen molar-refractivity contribution in [2.24, 2.45) is 7.05 Å². The van der Waals surface area contributed by atoms with Gasteiger partial charge in [-0.15, -0.1) is 0 Å². The molecule has 2 aromatic carbocycles. The number of nitrogens with zero attached hydrogens (tertiary/aromatic N) is 3. The summed E-state index contributed by atoms with van der Waals surface area (Å²) in [4.78, 5) is 31.6. The van der Waals surface area contributed by atoms with Crippen LogP contribution < -0.4 is 5.56 Å².